The standard InChI is InChI=1S/C14H23NO3S/c1-2-9-15-10-12-7-8-13(18-12)11-19(16,17)14-5-3-4-6-14/h7-8,14-15H,2-6,9-11H2,1H3. The maximum Gasteiger partial charge on any atom is 0.160 e. The van der Waals surface area contributed by atoms with Gasteiger partial charge < -0.3 is 9.73 Å². The Morgan fingerprint density at radius 1 is 1.26 bits per heavy atom. The molecule has 1 aliphatic rings. The normalized spacial score (nSPS) is 17.1. The van der Waals surface area contributed by atoms with Crippen molar-refractivity contribution in [1.29, 1.82) is 0 Å². The molecule has 19 heavy (non-hydrogen) atoms. The molecule has 0 spiro atoms. The van der Waals surface area contributed by atoms with Crippen LogP contribution >= 0.6 is 0 Å². The lowest BCUT2D eigenvalue weighted by molar-refractivity contribution is 0.455. The van der Waals surface area contributed by atoms with Crippen molar-refractivity contribution < 1.29 is 12.8 Å². The summed E-state index contributed by atoms with van der Waals surface area (Å²) in [4.78, 5) is 0. The zero-order chi connectivity index (χ0) is 13.7. The second-order valence-corrected chi connectivity index (χ2v) is 7.54. The van der Waals surface area contributed by atoms with Crippen molar-refractivity contribution >= 4 is 9.84 Å². The molecule has 0 radical (unpaired) electrons. The molecule has 1 N–H and O–H groups in total. The third-order valence-corrected chi connectivity index (χ3v) is 5.77. The fourth-order valence-corrected chi connectivity index (χ4v) is 4.39. The molecule has 0 aliphatic heterocycles. The monoisotopic (exact) mass is 285 g/mol. The Bertz CT molecular complexity index is 487. The van der Waals surface area contributed by atoms with E-state index < -0.39 is 9.84 Å². The molecule has 0 bridgehead atoms. The molecule has 0 saturated heterocycles. The molecule has 4 nitrogen and oxygen atoms in total. The van der Waals surface area contributed by atoms with Gasteiger partial charge in [0.1, 0.15) is 17.3 Å². The van der Waals surface area contributed by atoms with Crippen molar-refractivity contribution in [2.45, 2.75) is 56.6 Å². The van der Waals surface area contributed by atoms with Crippen LogP contribution < -0.4 is 5.32 Å². The molecule has 1 saturated carbocycles. The van der Waals surface area contributed by atoms with Crippen molar-refractivity contribution in [2.75, 3.05) is 6.54 Å². The number of nitrogens with one attached hydrogen (secondary N) is 1. The highest BCUT2D eigenvalue weighted by atomic mass is 32.2. The van der Waals surface area contributed by atoms with Crippen LogP contribution in [0.3, 0.4) is 0 Å². The van der Waals surface area contributed by atoms with Crippen LogP contribution in [0.15, 0.2) is 16.5 Å². The third kappa shape index (κ3) is 4.08. The number of sulfone groups is 1. The number of hydrogen-bond donors (Lipinski definition) is 1. The first-order valence-electron chi connectivity index (χ1n) is 7.11. The van der Waals surface area contributed by atoms with E-state index in [4.69, 9.17) is 4.42 Å². The van der Waals surface area contributed by atoms with E-state index in [1.54, 1.807) is 6.07 Å². The van der Waals surface area contributed by atoms with Gasteiger partial charge >= 0.3 is 0 Å². The summed E-state index contributed by atoms with van der Waals surface area (Å²) in [5, 5.41) is 3.09. The van der Waals surface area contributed by atoms with Crippen molar-refractivity contribution in [1.82, 2.24) is 5.32 Å². The van der Waals surface area contributed by atoms with Crippen LogP contribution in [0.4, 0.5) is 0 Å². The quantitative estimate of drug-likeness (QED) is 0.782. The SMILES string of the molecule is CCCNCc1ccc(CS(=O)(=O)C2CCCC2)o1. The van der Waals surface area contributed by atoms with Gasteiger partial charge in [0.2, 0.25) is 0 Å². The van der Waals surface area contributed by atoms with Gasteiger partial charge in [0.05, 0.1) is 11.8 Å². The smallest absolute Gasteiger partial charge is 0.160 e. The second kappa shape index (κ2) is 6.57. The summed E-state index contributed by atoms with van der Waals surface area (Å²) in [5.41, 5.74) is 0. The van der Waals surface area contributed by atoms with Gasteiger partial charge in [0, 0.05) is 0 Å². The number of hydrogen-bond acceptors (Lipinski definition) is 4. The predicted molar refractivity (Wildman–Crippen MR) is 75.6 cm³/mol. The van der Waals surface area contributed by atoms with Crippen LogP contribution in [0.2, 0.25) is 0 Å². The lowest BCUT2D eigenvalue weighted by Crippen LogP contribution is -2.19. The lowest BCUT2D eigenvalue weighted by Gasteiger charge is -2.09. The van der Waals surface area contributed by atoms with Crippen molar-refractivity contribution in [3.8, 4) is 0 Å². The highest BCUT2D eigenvalue weighted by Crippen LogP contribution is 2.27. The van der Waals surface area contributed by atoms with Gasteiger partial charge in [0.25, 0.3) is 0 Å². The van der Waals surface area contributed by atoms with Gasteiger partial charge in [0.15, 0.2) is 9.84 Å². The Balaban J connectivity index is 1.91. The van der Waals surface area contributed by atoms with Gasteiger partial charge in [-0.2, -0.15) is 0 Å². The third-order valence-electron chi connectivity index (χ3n) is 3.60. The summed E-state index contributed by atoms with van der Waals surface area (Å²) in [6.07, 6.45) is 4.77. The molecule has 0 atom stereocenters. The average molecular weight is 285 g/mol. The molecule has 108 valence electrons. The first-order valence-corrected chi connectivity index (χ1v) is 8.83. The molecule has 1 aromatic rings. The number of furan rings is 1. The Morgan fingerprint density at radius 2 is 1.95 bits per heavy atom. The summed E-state index contributed by atoms with van der Waals surface area (Å²) in [6, 6.07) is 3.65. The molecule has 1 aliphatic carbocycles. The Morgan fingerprint density at radius 3 is 2.63 bits per heavy atom. The number of rotatable bonds is 7. The summed E-state index contributed by atoms with van der Waals surface area (Å²) < 4.78 is 30.0. The molecule has 0 amide bonds. The molecule has 5 heteroatoms. The minimum absolute atomic E-state index is 0.0471. The zero-order valence-electron chi connectivity index (χ0n) is 11.5. The molecule has 1 aromatic heterocycles. The summed E-state index contributed by atoms with van der Waals surface area (Å²) >= 11 is 0. The highest BCUT2D eigenvalue weighted by Gasteiger charge is 2.29. The molecular weight excluding hydrogens is 262 g/mol. The average Bonchev–Trinajstić information content (AvgIpc) is 3.00. The van der Waals surface area contributed by atoms with Gasteiger partial charge in [-0.25, -0.2) is 8.42 Å². The largest absolute Gasteiger partial charge is 0.464 e. The van der Waals surface area contributed by atoms with Gasteiger partial charge in [-0.1, -0.05) is 19.8 Å². The molecular formula is C14H23NO3S. The van der Waals surface area contributed by atoms with E-state index in [9.17, 15) is 8.42 Å². The summed E-state index contributed by atoms with van der Waals surface area (Å²) in [6.45, 7) is 3.71. The van der Waals surface area contributed by atoms with Crippen LogP contribution in [0.1, 0.15) is 50.5 Å². The predicted octanol–water partition coefficient (Wildman–Crippen LogP) is 2.64. The Kier molecular flexibility index (Phi) is 5.05. The maximum absolute atomic E-state index is 12.2. The summed E-state index contributed by atoms with van der Waals surface area (Å²) in [5.74, 6) is 1.43. The lowest BCUT2D eigenvalue weighted by atomic mass is 10.4. The first-order chi connectivity index (χ1) is 9.12. The highest BCUT2D eigenvalue weighted by molar-refractivity contribution is 7.91. The van der Waals surface area contributed by atoms with Gasteiger partial charge in [-0.05, 0) is 37.9 Å². The fourth-order valence-electron chi connectivity index (χ4n) is 2.55. The van der Waals surface area contributed by atoms with E-state index in [0.717, 1.165) is 44.4 Å². The maximum atomic E-state index is 12.2. The van der Waals surface area contributed by atoms with Gasteiger partial charge in [-0.3, -0.25) is 0 Å². The van der Waals surface area contributed by atoms with Crippen LogP contribution in [-0.2, 0) is 22.1 Å². The molecule has 0 aromatic carbocycles. The zero-order valence-corrected chi connectivity index (χ0v) is 12.3. The second-order valence-electron chi connectivity index (χ2n) is 5.26. The van der Waals surface area contributed by atoms with Crippen molar-refractivity contribution in [3.63, 3.8) is 0 Å². The van der Waals surface area contributed by atoms with Crippen molar-refractivity contribution in [3.05, 3.63) is 23.7 Å². The molecule has 1 heterocycles. The van der Waals surface area contributed by atoms with E-state index in [2.05, 4.69) is 12.2 Å². The fraction of sp³-hybridized carbons (Fsp3) is 0.714. The van der Waals surface area contributed by atoms with E-state index >= 15 is 0 Å². The van der Waals surface area contributed by atoms with Crippen LogP contribution in [0, 0.1) is 0 Å². The first kappa shape index (κ1) is 14.6. The Hall–Kier alpha value is -0.810. The topological polar surface area (TPSA) is 59.3 Å². The van der Waals surface area contributed by atoms with Gasteiger partial charge in [-0.15, -0.1) is 0 Å². The molecule has 1 fully saturated rings. The van der Waals surface area contributed by atoms with E-state index in [1.807, 2.05) is 6.07 Å². The van der Waals surface area contributed by atoms with E-state index in [0.29, 0.717) is 12.3 Å². The minimum atomic E-state index is -3.04. The van der Waals surface area contributed by atoms with Crippen LogP contribution in [0.5, 0.6) is 0 Å². The van der Waals surface area contributed by atoms with Crippen molar-refractivity contribution in [2.24, 2.45) is 0 Å². The van der Waals surface area contributed by atoms with E-state index in [1.165, 1.54) is 0 Å². The van der Waals surface area contributed by atoms with E-state index in [-0.39, 0.29) is 11.0 Å². The summed E-state index contributed by atoms with van der Waals surface area (Å²) in [7, 11) is -3.04. The van der Waals surface area contributed by atoms with Crippen LogP contribution in [0.25, 0.3) is 0 Å². The Labute approximate surface area is 115 Å². The molecule has 2 rings (SSSR count). The van der Waals surface area contributed by atoms with Crippen LogP contribution in [-0.4, -0.2) is 20.2 Å². The minimum Gasteiger partial charge on any atom is -0.464 e. The molecule has 0 unspecified atom stereocenters.